The SMILES string of the molecule is C/C=C\CCCC(=O)O.O=C1C=CC/C1=C\CCC/C=C\CC(F)(F)F. The molecule has 0 aliphatic heterocycles. The minimum absolute atomic E-state index is 0.0533. The molecule has 0 spiro atoms. The number of carbonyl (C=O) groups is 2. The molecule has 1 aliphatic carbocycles. The van der Waals surface area contributed by atoms with Crippen molar-refractivity contribution in [2.45, 2.75) is 64.5 Å². The molecule has 0 saturated carbocycles. The molecule has 0 atom stereocenters. The summed E-state index contributed by atoms with van der Waals surface area (Å²) in [7, 11) is 0. The van der Waals surface area contributed by atoms with Crippen LogP contribution in [-0.4, -0.2) is 23.0 Å². The van der Waals surface area contributed by atoms with Crippen LogP contribution in [0.15, 0.2) is 48.1 Å². The lowest BCUT2D eigenvalue weighted by Crippen LogP contribution is -2.03. The van der Waals surface area contributed by atoms with Crippen LogP contribution in [0, 0.1) is 0 Å². The molecular weight excluding hydrogens is 345 g/mol. The number of rotatable bonds is 9. The topological polar surface area (TPSA) is 54.4 Å². The maximum Gasteiger partial charge on any atom is 0.392 e. The van der Waals surface area contributed by atoms with Crippen molar-refractivity contribution in [3.63, 3.8) is 0 Å². The quantitative estimate of drug-likeness (QED) is 0.310. The van der Waals surface area contributed by atoms with Crippen LogP contribution in [0.2, 0.25) is 0 Å². The Labute approximate surface area is 153 Å². The predicted octanol–water partition coefficient (Wildman–Crippen LogP) is 5.94. The number of unbranched alkanes of at least 4 members (excludes halogenated alkanes) is 3. The van der Waals surface area contributed by atoms with Gasteiger partial charge in [0, 0.05) is 6.42 Å². The molecule has 0 unspecified atom stereocenters. The number of ketones is 1. The Balaban J connectivity index is 0.000000590. The smallest absolute Gasteiger partial charge is 0.392 e. The average Bonchev–Trinajstić information content (AvgIpc) is 2.95. The number of hydrogen-bond donors (Lipinski definition) is 1. The van der Waals surface area contributed by atoms with Gasteiger partial charge in [-0.3, -0.25) is 9.59 Å². The summed E-state index contributed by atoms with van der Waals surface area (Å²) < 4.78 is 35.3. The molecule has 1 N–H and O–H groups in total. The Bertz CT molecular complexity index is 541. The van der Waals surface area contributed by atoms with Crippen molar-refractivity contribution in [1.82, 2.24) is 0 Å². The lowest BCUT2D eigenvalue weighted by Gasteiger charge is -2.00. The molecule has 0 fully saturated rings. The van der Waals surface area contributed by atoms with Gasteiger partial charge < -0.3 is 5.11 Å². The number of carbonyl (C=O) groups excluding carboxylic acids is 1. The summed E-state index contributed by atoms with van der Waals surface area (Å²) in [5.74, 6) is -0.655. The van der Waals surface area contributed by atoms with Gasteiger partial charge in [-0.1, -0.05) is 36.5 Å². The molecule has 0 aromatic carbocycles. The monoisotopic (exact) mass is 372 g/mol. The highest BCUT2D eigenvalue weighted by Gasteiger charge is 2.24. The van der Waals surface area contributed by atoms with Crippen LogP contribution in [0.5, 0.6) is 0 Å². The highest BCUT2D eigenvalue weighted by molar-refractivity contribution is 6.06. The van der Waals surface area contributed by atoms with Crippen LogP contribution in [-0.2, 0) is 9.59 Å². The molecule has 3 nitrogen and oxygen atoms in total. The second-order valence-corrected chi connectivity index (χ2v) is 5.78. The minimum Gasteiger partial charge on any atom is -0.481 e. The highest BCUT2D eigenvalue weighted by atomic mass is 19.4. The Morgan fingerprint density at radius 2 is 1.85 bits per heavy atom. The van der Waals surface area contributed by atoms with Crippen molar-refractivity contribution in [3.8, 4) is 0 Å². The molecule has 146 valence electrons. The molecule has 0 aromatic heterocycles. The van der Waals surface area contributed by atoms with Crippen LogP contribution in [0.3, 0.4) is 0 Å². The zero-order valence-corrected chi connectivity index (χ0v) is 15.1. The number of allylic oxidation sites excluding steroid dienone is 8. The van der Waals surface area contributed by atoms with E-state index < -0.39 is 18.6 Å². The van der Waals surface area contributed by atoms with Crippen LogP contribution < -0.4 is 0 Å². The Hall–Kier alpha value is -2.11. The molecule has 26 heavy (non-hydrogen) atoms. The van der Waals surface area contributed by atoms with Crippen molar-refractivity contribution in [3.05, 3.63) is 48.1 Å². The van der Waals surface area contributed by atoms with Crippen molar-refractivity contribution >= 4 is 11.8 Å². The first-order valence-electron chi connectivity index (χ1n) is 8.71. The Morgan fingerprint density at radius 1 is 1.15 bits per heavy atom. The normalized spacial score (nSPS) is 15.8. The first kappa shape index (κ1) is 23.9. The first-order valence-corrected chi connectivity index (χ1v) is 8.71. The maximum absolute atomic E-state index is 11.8. The highest BCUT2D eigenvalue weighted by Crippen LogP contribution is 2.20. The van der Waals surface area contributed by atoms with Crippen molar-refractivity contribution in [1.29, 1.82) is 0 Å². The summed E-state index contributed by atoms with van der Waals surface area (Å²) in [4.78, 5) is 21.1. The van der Waals surface area contributed by atoms with Gasteiger partial charge >= 0.3 is 12.1 Å². The largest absolute Gasteiger partial charge is 0.481 e. The van der Waals surface area contributed by atoms with Crippen molar-refractivity contribution in [2.24, 2.45) is 0 Å². The van der Waals surface area contributed by atoms with Gasteiger partial charge in [-0.15, -0.1) is 0 Å². The fraction of sp³-hybridized carbons (Fsp3) is 0.500. The Kier molecular flexibility index (Phi) is 13.0. The van der Waals surface area contributed by atoms with E-state index >= 15 is 0 Å². The van der Waals surface area contributed by atoms with Crippen LogP contribution >= 0.6 is 0 Å². The van der Waals surface area contributed by atoms with Gasteiger partial charge in [-0.25, -0.2) is 0 Å². The van der Waals surface area contributed by atoms with E-state index in [1.807, 2.05) is 31.2 Å². The third kappa shape index (κ3) is 15.4. The van der Waals surface area contributed by atoms with Gasteiger partial charge in [0.2, 0.25) is 0 Å². The van der Waals surface area contributed by atoms with E-state index in [0.29, 0.717) is 12.8 Å². The second-order valence-electron chi connectivity index (χ2n) is 5.78. The summed E-state index contributed by atoms with van der Waals surface area (Å²) in [5.41, 5.74) is 0.796. The molecule has 1 aliphatic rings. The fourth-order valence-corrected chi connectivity index (χ4v) is 2.07. The molecule has 1 rings (SSSR count). The molecule has 0 bridgehead atoms. The van der Waals surface area contributed by atoms with Crippen LogP contribution in [0.25, 0.3) is 0 Å². The average molecular weight is 372 g/mol. The van der Waals surface area contributed by atoms with Crippen molar-refractivity contribution in [2.75, 3.05) is 0 Å². The summed E-state index contributed by atoms with van der Waals surface area (Å²) in [5, 5.41) is 8.19. The second kappa shape index (κ2) is 14.1. The molecule has 0 radical (unpaired) electrons. The number of carboxylic acids is 1. The predicted molar refractivity (Wildman–Crippen MR) is 96.8 cm³/mol. The molecule has 0 aromatic rings. The van der Waals surface area contributed by atoms with Crippen LogP contribution in [0.1, 0.15) is 58.3 Å². The molecule has 0 heterocycles. The summed E-state index contributed by atoms with van der Waals surface area (Å²) >= 11 is 0. The molecular formula is C20H27F3O3. The van der Waals surface area contributed by atoms with E-state index in [-0.39, 0.29) is 12.2 Å². The van der Waals surface area contributed by atoms with E-state index in [4.69, 9.17) is 5.11 Å². The number of carboxylic acid groups (broad SMARTS) is 1. The number of hydrogen-bond acceptors (Lipinski definition) is 2. The van der Waals surface area contributed by atoms with E-state index in [1.165, 1.54) is 0 Å². The van der Waals surface area contributed by atoms with Crippen molar-refractivity contribution < 1.29 is 27.9 Å². The van der Waals surface area contributed by atoms with Gasteiger partial charge in [0.25, 0.3) is 0 Å². The van der Waals surface area contributed by atoms with Gasteiger partial charge in [0.15, 0.2) is 5.78 Å². The zero-order chi connectivity index (χ0) is 19.8. The van der Waals surface area contributed by atoms with E-state index in [0.717, 1.165) is 37.3 Å². The van der Waals surface area contributed by atoms with Gasteiger partial charge in [0.05, 0.1) is 6.42 Å². The third-order valence-corrected chi connectivity index (χ3v) is 3.40. The number of halogens is 3. The van der Waals surface area contributed by atoms with Gasteiger partial charge in [0.1, 0.15) is 0 Å². The van der Waals surface area contributed by atoms with Gasteiger partial charge in [-0.05, 0) is 57.1 Å². The number of alkyl halides is 3. The molecule has 0 saturated heterocycles. The van der Waals surface area contributed by atoms with Gasteiger partial charge in [-0.2, -0.15) is 13.2 Å². The first-order chi connectivity index (χ1) is 12.3. The van der Waals surface area contributed by atoms with Crippen LogP contribution in [0.4, 0.5) is 13.2 Å². The standard InChI is InChI=1S/C13H15F3O.C7H12O2/c14-13(15,16)10-5-3-1-2-4-7-11-8-6-9-12(11)17;1-2-3-4-5-6-7(8)9/h3,5-7,9H,1-2,4,8,10H2;2-3H,4-6H2,1H3,(H,8,9)/b5-3-,11-7+;3-2-. The van der Waals surface area contributed by atoms with E-state index in [9.17, 15) is 22.8 Å². The maximum atomic E-state index is 11.8. The molecule has 6 heteroatoms. The minimum atomic E-state index is -4.11. The third-order valence-electron chi connectivity index (χ3n) is 3.40. The zero-order valence-electron chi connectivity index (χ0n) is 15.1. The Morgan fingerprint density at radius 3 is 2.38 bits per heavy atom. The van der Waals surface area contributed by atoms with E-state index in [1.54, 1.807) is 12.2 Å². The lowest BCUT2D eigenvalue weighted by molar-refractivity contribution is -0.137. The number of aliphatic carboxylic acids is 1. The summed E-state index contributed by atoms with van der Waals surface area (Å²) in [6.45, 7) is 1.93. The van der Waals surface area contributed by atoms with E-state index in [2.05, 4.69) is 0 Å². The lowest BCUT2D eigenvalue weighted by atomic mass is 10.1. The molecule has 0 amide bonds. The summed E-state index contributed by atoms with van der Waals surface area (Å²) in [6.07, 6.45) is 11.6. The fourth-order valence-electron chi connectivity index (χ4n) is 2.07. The summed E-state index contributed by atoms with van der Waals surface area (Å²) in [6, 6.07) is 0.